The average molecular weight is 388 g/mol. The van der Waals surface area contributed by atoms with Crippen molar-refractivity contribution < 1.29 is 4.74 Å². The standard InChI is InChI=1S/C18H14ClN3OS2/c1-11-16(22-9-3-4-14(19)17(22)20-11)15-10-24-18(21-15)25-13-7-5-12(23-2)6-8-13/h3-10H,1-2H3. The zero-order chi connectivity index (χ0) is 17.4. The molecule has 0 aliphatic heterocycles. The van der Waals surface area contributed by atoms with E-state index in [0.717, 1.165) is 37.7 Å². The molecule has 0 unspecified atom stereocenters. The number of ether oxygens (including phenoxy) is 1. The van der Waals surface area contributed by atoms with Crippen molar-refractivity contribution >= 4 is 40.3 Å². The molecule has 0 atom stereocenters. The maximum Gasteiger partial charge on any atom is 0.156 e. The Hall–Kier alpha value is -2.02. The number of fused-ring (bicyclic) bond motifs is 1. The minimum absolute atomic E-state index is 0.639. The highest BCUT2D eigenvalue weighted by atomic mass is 35.5. The second-order valence-corrected chi connectivity index (χ2v) is 7.96. The fourth-order valence-electron chi connectivity index (χ4n) is 2.61. The van der Waals surface area contributed by atoms with Gasteiger partial charge in [0.25, 0.3) is 0 Å². The summed E-state index contributed by atoms with van der Waals surface area (Å²) in [6, 6.07) is 11.7. The number of thiazole rings is 1. The van der Waals surface area contributed by atoms with Crippen molar-refractivity contribution in [1.82, 2.24) is 14.4 Å². The molecule has 0 saturated carbocycles. The maximum absolute atomic E-state index is 6.25. The van der Waals surface area contributed by atoms with Crippen LogP contribution in [0.25, 0.3) is 17.0 Å². The summed E-state index contributed by atoms with van der Waals surface area (Å²) < 4.78 is 8.17. The molecule has 0 radical (unpaired) electrons. The molecule has 0 saturated heterocycles. The third-order valence-electron chi connectivity index (χ3n) is 3.77. The van der Waals surface area contributed by atoms with Gasteiger partial charge in [-0.3, -0.25) is 4.40 Å². The number of halogens is 1. The van der Waals surface area contributed by atoms with Gasteiger partial charge in [0, 0.05) is 16.5 Å². The summed E-state index contributed by atoms with van der Waals surface area (Å²) in [7, 11) is 1.67. The molecule has 4 rings (SSSR count). The van der Waals surface area contributed by atoms with E-state index in [4.69, 9.17) is 21.3 Å². The van der Waals surface area contributed by atoms with Crippen LogP contribution in [0.4, 0.5) is 0 Å². The first kappa shape index (κ1) is 16.4. The van der Waals surface area contributed by atoms with Gasteiger partial charge in [-0.1, -0.05) is 23.4 Å². The van der Waals surface area contributed by atoms with Crippen molar-refractivity contribution in [2.75, 3.05) is 7.11 Å². The lowest BCUT2D eigenvalue weighted by atomic mass is 10.3. The second-order valence-electron chi connectivity index (χ2n) is 5.37. The number of benzene rings is 1. The van der Waals surface area contributed by atoms with Gasteiger partial charge < -0.3 is 4.74 Å². The van der Waals surface area contributed by atoms with Crippen LogP contribution in [0.3, 0.4) is 0 Å². The number of rotatable bonds is 4. The van der Waals surface area contributed by atoms with Crippen LogP contribution >= 0.6 is 34.7 Å². The Bertz CT molecular complexity index is 1040. The molecular weight excluding hydrogens is 374 g/mol. The zero-order valence-corrected chi connectivity index (χ0v) is 16.0. The lowest BCUT2D eigenvalue weighted by Gasteiger charge is -2.01. The second kappa shape index (κ2) is 6.71. The van der Waals surface area contributed by atoms with E-state index in [1.807, 2.05) is 53.9 Å². The Kier molecular flexibility index (Phi) is 4.41. The number of hydrogen-bond acceptors (Lipinski definition) is 5. The molecule has 4 aromatic rings. The third kappa shape index (κ3) is 3.13. The first-order valence-corrected chi connectivity index (χ1v) is 9.64. The first-order valence-electron chi connectivity index (χ1n) is 7.56. The van der Waals surface area contributed by atoms with Crippen LogP contribution < -0.4 is 4.74 Å². The van der Waals surface area contributed by atoms with Crippen molar-refractivity contribution in [1.29, 1.82) is 0 Å². The summed E-state index contributed by atoms with van der Waals surface area (Å²) in [6.45, 7) is 1.98. The average Bonchev–Trinajstić information content (AvgIpc) is 3.20. The van der Waals surface area contributed by atoms with E-state index in [1.165, 1.54) is 0 Å². The number of aromatic nitrogens is 3. The van der Waals surface area contributed by atoms with Crippen molar-refractivity contribution in [2.45, 2.75) is 16.2 Å². The van der Waals surface area contributed by atoms with Crippen LogP contribution in [0.5, 0.6) is 5.75 Å². The fourth-order valence-corrected chi connectivity index (χ4v) is 4.59. The van der Waals surface area contributed by atoms with E-state index < -0.39 is 0 Å². The monoisotopic (exact) mass is 387 g/mol. The number of imidazole rings is 1. The normalized spacial score (nSPS) is 11.2. The van der Waals surface area contributed by atoms with Crippen LogP contribution in [0.15, 0.2) is 57.2 Å². The molecule has 25 heavy (non-hydrogen) atoms. The largest absolute Gasteiger partial charge is 0.497 e. The Morgan fingerprint density at radius 3 is 2.72 bits per heavy atom. The molecule has 0 aliphatic rings. The molecule has 0 fully saturated rings. The predicted octanol–water partition coefficient (Wildman–Crippen LogP) is 5.58. The van der Waals surface area contributed by atoms with Crippen LogP contribution in [0.1, 0.15) is 5.69 Å². The number of pyridine rings is 1. The van der Waals surface area contributed by atoms with E-state index in [-0.39, 0.29) is 0 Å². The minimum Gasteiger partial charge on any atom is -0.497 e. The summed E-state index contributed by atoms with van der Waals surface area (Å²) in [5.74, 6) is 0.849. The molecule has 0 spiro atoms. The van der Waals surface area contributed by atoms with Gasteiger partial charge in [0.2, 0.25) is 0 Å². The summed E-state index contributed by atoms with van der Waals surface area (Å²) >= 11 is 9.51. The zero-order valence-electron chi connectivity index (χ0n) is 13.6. The van der Waals surface area contributed by atoms with Gasteiger partial charge in [-0.2, -0.15) is 0 Å². The molecule has 0 amide bonds. The van der Waals surface area contributed by atoms with Crippen LogP contribution in [-0.4, -0.2) is 21.5 Å². The van der Waals surface area contributed by atoms with Gasteiger partial charge in [-0.25, -0.2) is 9.97 Å². The fraction of sp³-hybridized carbons (Fsp3) is 0.111. The lowest BCUT2D eigenvalue weighted by Crippen LogP contribution is -1.89. The Morgan fingerprint density at radius 2 is 1.96 bits per heavy atom. The van der Waals surface area contributed by atoms with Crippen LogP contribution in [-0.2, 0) is 0 Å². The van der Waals surface area contributed by atoms with E-state index in [2.05, 4.69) is 10.4 Å². The van der Waals surface area contributed by atoms with Crippen molar-refractivity contribution in [3.63, 3.8) is 0 Å². The number of methoxy groups -OCH3 is 1. The maximum atomic E-state index is 6.25. The van der Waals surface area contributed by atoms with Gasteiger partial charge in [-0.15, -0.1) is 11.3 Å². The smallest absolute Gasteiger partial charge is 0.156 e. The molecule has 0 aliphatic carbocycles. The number of aryl methyl sites for hydroxylation is 1. The minimum atomic E-state index is 0.639. The summed E-state index contributed by atoms with van der Waals surface area (Å²) in [4.78, 5) is 10.5. The SMILES string of the molecule is COc1ccc(Sc2nc(-c3c(C)nc4c(Cl)cccn34)cs2)cc1. The topological polar surface area (TPSA) is 39.4 Å². The summed E-state index contributed by atoms with van der Waals surface area (Å²) in [5, 5.41) is 2.70. The first-order chi connectivity index (χ1) is 12.2. The molecule has 4 nitrogen and oxygen atoms in total. The van der Waals surface area contributed by atoms with Crippen LogP contribution in [0, 0.1) is 6.92 Å². The Balaban J connectivity index is 1.67. The molecule has 3 heterocycles. The van der Waals surface area contributed by atoms with E-state index in [1.54, 1.807) is 30.2 Å². The van der Waals surface area contributed by atoms with Crippen molar-refractivity contribution in [3.8, 4) is 17.1 Å². The molecule has 1 aromatic carbocycles. The quantitative estimate of drug-likeness (QED) is 0.458. The van der Waals surface area contributed by atoms with Crippen molar-refractivity contribution in [3.05, 3.63) is 58.7 Å². The highest BCUT2D eigenvalue weighted by molar-refractivity contribution is 8.01. The van der Waals surface area contributed by atoms with Gasteiger partial charge in [-0.05, 0) is 43.3 Å². The number of nitrogens with zero attached hydrogens (tertiary/aromatic N) is 3. The molecule has 7 heteroatoms. The van der Waals surface area contributed by atoms with Gasteiger partial charge in [0.05, 0.1) is 23.5 Å². The van der Waals surface area contributed by atoms with Gasteiger partial charge >= 0.3 is 0 Å². The highest BCUT2D eigenvalue weighted by Crippen LogP contribution is 2.35. The predicted molar refractivity (Wildman–Crippen MR) is 103 cm³/mol. The van der Waals surface area contributed by atoms with Gasteiger partial charge in [0.1, 0.15) is 11.4 Å². The molecule has 126 valence electrons. The third-order valence-corrected chi connectivity index (χ3v) is 6.01. The summed E-state index contributed by atoms with van der Waals surface area (Å²) in [5.41, 5.74) is 3.57. The Labute approximate surface area is 158 Å². The lowest BCUT2D eigenvalue weighted by molar-refractivity contribution is 0.414. The molecule has 3 aromatic heterocycles. The Morgan fingerprint density at radius 1 is 1.16 bits per heavy atom. The molecular formula is C18H14ClN3OS2. The molecule has 0 bridgehead atoms. The number of hydrogen-bond donors (Lipinski definition) is 0. The van der Waals surface area contributed by atoms with Gasteiger partial charge in [0.15, 0.2) is 9.99 Å². The highest BCUT2D eigenvalue weighted by Gasteiger charge is 2.16. The van der Waals surface area contributed by atoms with Crippen molar-refractivity contribution in [2.24, 2.45) is 0 Å². The summed E-state index contributed by atoms with van der Waals surface area (Å²) in [6.07, 6.45) is 1.96. The van der Waals surface area contributed by atoms with Crippen LogP contribution in [0.2, 0.25) is 5.02 Å². The van der Waals surface area contributed by atoms with E-state index >= 15 is 0 Å². The van der Waals surface area contributed by atoms with E-state index in [9.17, 15) is 0 Å². The molecule has 0 N–H and O–H groups in total. The van der Waals surface area contributed by atoms with E-state index in [0.29, 0.717) is 5.02 Å².